The van der Waals surface area contributed by atoms with Gasteiger partial charge in [-0.15, -0.1) is 22.2 Å². The van der Waals surface area contributed by atoms with Crippen LogP contribution in [0, 0.1) is 17.8 Å². The fourth-order valence-electron chi connectivity index (χ4n) is 2.15. The Morgan fingerprint density at radius 2 is 1.50 bits per heavy atom. The monoisotopic (exact) mass is 302 g/mol. The average Bonchev–Trinajstić information content (AvgIpc) is 2.27. The zero-order chi connectivity index (χ0) is 13.9. The molecule has 2 unspecified atom stereocenters. The van der Waals surface area contributed by atoms with Crippen molar-refractivity contribution >= 4 is 34.0 Å². The van der Waals surface area contributed by atoms with Gasteiger partial charge in [0.1, 0.15) is 0 Å². The zero-order valence-electron chi connectivity index (χ0n) is 12.0. The third-order valence-electron chi connectivity index (χ3n) is 3.97. The van der Waals surface area contributed by atoms with Gasteiger partial charge in [-0.25, -0.2) is 0 Å². The molecule has 0 aliphatic carbocycles. The highest BCUT2D eigenvalue weighted by atomic mass is 35.7. The summed E-state index contributed by atoms with van der Waals surface area (Å²) in [6.45, 7) is 9.01. The van der Waals surface area contributed by atoms with E-state index >= 15 is 0 Å². The van der Waals surface area contributed by atoms with E-state index in [2.05, 4.69) is 52.0 Å². The summed E-state index contributed by atoms with van der Waals surface area (Å²) < 4.78 is 0. The topological polar surface area (TPSA) is 0 Å². The van der Waals surface area contributed by atoms with Gasteiger partial charge in [0, 0.05) is 0 Å². The van der Waals surface area contributed by atoms with Crippen molar-refractivity contribution in [1.82, 2.24) is 0 Å². The molecule has 1 aromatic rings. The van der Waals surface area contributed by atoms with Gasteiger partial charge in [-0.2, -0.15) is 0 Å². The fraction of sp³-hybridized carbons (Fsp3) is 0.600. The molecule has 102 valence electrons. The second kappa shape index (κ2) is 6.45. The summed E-state index contributed by atoms with van der Waals surface area (Å²) in [5, 5.41) is 1.10. The van der Waals surface area contributed by atoms with Crippen molar-refractivity contribution in [2.45, 2.75) is 40.7 Å². The summed E-state index contributed by atoms with van der Waals surface area (Å²) in [5.74, 6) is 2.18. The van der Waals surface area contributed by atoms with Gasteiger partial charge in [0.05, 0.1) is 0 Å². The minimum absolute atomic E-state index is 0.700. The standard InChI is InChI=1S/C15H24Cl2Si/c1-11(2)13(4)12(3)10-14-6-8-15(9-7-14)18(5,16)17/h6-9,11-13H,10H2,1-5H3. The Kier molecular flexibility index (Phi) is 5.76. The van der Waals surface area contributed by atoms with E-state index in [-0.39, 0.29) is 0 Å². The number of hydrogen-bond donors (Lipinski definition) is 0. The molecule has 18 heavy (non-hydrogen) atoms. The molecule has 0 N–H and O–H groups in total. The van der Waals surface area contributed by atoms with Gasteiger partial charge in [0.15, 0.2) is 0 Å². The van der Waals surface area contributed by atoms with E-state index in [1.165, 1.54) is 5.56 Å². The summed E-state index contributed by atoms with van der Waals surface area (Å²) in [7, 11) is 0. The van der Waals surface area contributed by atoms with E-state index in [0.29, 0.717) is 5.92 Å². The van der Waals surface area contributed by atoms with Crippen LogP contribution in [0.2, 0.25) is 6.55 Å². The van der Waals surface area contributed by atoms with Crippen molar-refractivity contribution in [3.63, 3.8) is 0 Å². The molecule has 0 spiro atoms. The molecule has 1 aromatic carbocycles. The summed E-state index contributed by atoms with van der Waals surface area (Å²) in [6, 6.07) is 8.53. The van der Waals surface area contributed by atoms with Crippen LogP contribution in [0.15, 0.2) is 24.3 Å². The summed E-state index contributed by atoms with van der Waals surface area (Å²) in [5.41, 5.74) is 1.38. The number of hydrogen-bond acceptors (Lipinski definition) is 0. The van der Waals surface area contributed by atoms with Crippen LogP contribution in [-0.2, 0) is 6.42 Å². The van der Waals surface area contributed by atoms with Gasteiger partial charge in [-0.05, 0) is 41.5 Å². The summed E-state index contributed by atoms with van der Waals surface area (Å²) in [6.07, 6.45) is 1.13. The van der Waals surface area contributed by atoms with Crippen molar-refractivity contribution in [3.05, 3.63) is 29.8 Å². The minimum Gasteiger partial charge on any atom is -0.140 e. The Hall–Kier alpha value is 0.0169. The van der Waals surface area contributed by atoms with Gasteiger partial charge < -0.3 is 0 Å². The van der Waals surface area contributed by atoms with Gasteiger partial charge >= 0.3 is 0 Å². The molecule has 0 heterocycles. The highest BCUT2D eigenvalue weighted by molar-refractivity contribution is 7.50. The van der Waals surface area contributed by atoms with Gasteiger partial charge in [-0.1, -0.05) is 52.0 Å². The summed E-state index contributed by atoms with van der Waals surface area (Å²) >= 11 is 12.4. The van der Waals surface area contributed by atoms with E-state index in [9.17, 15) is 0 Å². The molecule has 0 bridgehead atoms. The number of rotatable bonds is 5. The first-order valence-electron chi connectivity index (χ1n) is 6.69. The van der Waals surface area contributed by atoms with Crippen LogP contribution >= 0.6 is 22.2 Å². The highest BCUT2D eigenvalue weighted by Crippen LogP contribution is 2.23. The first kappa shape index (κ1) is 16.1. The molecule has 0 nitrogen and oxygen atoms in total. The molecule has 0 aliphatic rings. The Morgan fingerprint density at radius 3 is 1.89 bits per heavy atom. The molecule has 0 fully saturated rings. The number of benzene rings is 1. The Balaban J connectivity index is 2.70. The molecule has 0 aromatic heterocycles. The second-order valence-electron chi connectivity index (χ2n) is 5.87. The average molecular weight is 303 g/mol. The molecular formula is C15H24Cl2Si. The third-order valence-corrected chi connectivity index (χ3v) is 6.62. The van der Waals surface area contributed by atoms with Crippen molar-refractivity contribution < 1.29 is 0 Å². The Morgan fingerprint density at radius 1 is 1.00 bits per heavy atom. The van der Waals surface area contributed by atoms with E-state index in [1.807, 2.05) is 6.55 Å². The van der Waals surface area contributed by atoms with Crippen molar-refractivity contribution in [2.75, 3.05) is 0 Å². The maximum atomic E-state index is 6.21. The maximum absolute atomic E-state index is 6.21. The molecule has 2 atom stereocenters. The van der Waals surface area contributed by atoms with Gasteiger partial charge in [0.2, 0.25) is 0 Å². The van der Waals surface area contributed by atoms with E-state index in [1.54, 1.807) is 0 Å². The smallest absolute Gasteiger partial charge is 0.140 e. The number of halogens is 2. The Bertz CT molecular complexity index is 365. The zero-order valence-corrected chi connectivity index (χ0v) is 14.5. The lowest BCUT2D eigenvalue weighted by molar-refractivity contribution is 0.295. The first-order valence-corrected chi connectivity index (χ1v) is 11.2. The molecule has 0 saturated carbocycles. The largest absolute Gasteiger partial charge is 0.277 e. The Labute approximate surface area is 122 Å². The third kappa shape index (κ3) is 4.60. The first-order chi connectivity index (χ1) is 8.21. The lowest BCUT2D eigenvalue weighted by Crippen LogP contribution is -2.32. The van der Waals surface area contributed by atoms with Crippen molar-refractivity contribution in [3.8, 4) is 0 Å². The van der Waals surface area contributed by atoms with Crippen LogP contribution in [0.25, 0.3) is 0 Å². The van der Waals surface area contributed by atoms with E-state index in [0.717, 1.165) is 23.4 Å². The second-order valence-corrected chi connectivity index (χ2v) is 13.3. The van der Waals surface area contributed by atoms with Crippen molar-refractivity contribution in [2.24, 2.45) is 17.8 Å². The van der Waals surface area contributed by atoms with Crippen LogP contribution in [0.5, 0.6) is 0 Å². The van der Waals surface area contributed by atoms with Crippen LogP contribution in [0.3, 0.4) is 0 Å². The van der Waals surface area contributed by atoms with Crippen LogP contribution in [0.4, 0.5) is 0 Å². The normalized spacial score (nSPS) is 15.8. The van der Waals surface area contributed by atoms with Gasteiger partial charge in [0.25, 0.3) is 6.69 Å². The predicted molar refractivity (Wildman–Crippen MR) is 86.3 cm³/mol. The van der Waals surface area contributed by atoms with Crippen LogP contribution in [0.1, 0.15) is 33.3 Å². The van der Waals surface area contributed by atoms with Crippen molar-refractivity contribution in [1.29, 1.82) is 0 Å². The highest BCUT2D eigenvalue weighted by Gasteiger charge is 2.23. The molecule has 0 saturated heterocycles. The fourth-order valence-corrected chi connectivity index (χ4v) is 3.66. The lowest BCUT2D eigenvalue weighted by atomic mass is 9.82. The quantitative estimate of drug-likeness (QED) is 0.535. The molecule has 0 radical (unpaired) electrons. The molecule has 0 amide bonds. The molecule has 3 heteroatoms. The minimum atomic E-state index is -2.19. The maximum Gasteiger partial charge on any atom is 0.277 e. The SMILES string of the molecule is CC(C)C(C)C(C)Cc1ccc([Si](C)(Cl)Cl)cc1. The summed E-state index contributed by atoms with van der Waals surface area (Å²) in [4.78, 5) is 0. The van der Waals surface area contributed by atoms with Gasteiger partial charge in [-0.3, -0.25) is 0 Å². The predicted octanol–water partition coefficient (Wildman–Crippen LogP) is 4.91. The van der Waals surface area contributed by atoms with E-state index < -0.39 is 6.69 Å². The lowest BCUT2D eigenvalue weighted by Gasteiger charge is -2.23. The van der Waals surface area contributed by atoms with E-state index in [4.69, 9.17) is 22.2 Å². The van der Waals surface area contributed by atoms with Crippen LogP contribution in [-0.4, -0.2) is 6.69 Å². The molecule has 0 aliphatic heterocycles. The molecular weight excluding hydrogens is 279 g/mol. The van der Waals surface area contributed by atoms with Crippen LogP contribution < -0.4 is 5.19 Å². The molecule has 1 rings (SSSR count).